The van der Waals surface area contributed by atoms with Crippen molar-refractivity contribution in [3.8, 4) is 0 Å². The van der Waals surface area contributed by atoms with Crippen molar-refractivity contribution in [2.45, 2.75) is 24.2 Å². The number of anilines is 2. The van der Waals surface area contributed by atoms with E-state index in [1.807, 2.05) is 11.0 Å². The van der Waals surface area contributed by atoms with E-state index in [2.05, 4.69) is 9.88 Å². The Labute approximate surface area is 187 Å². The molecule has 2 aromatic carbocycles. The highest BCUT2D eigenvalue weighted by Gasteiger charge is 2.26. The van der Waals surface area contributed by atoms with Gasteiger partial charge in [0.05, 0.1) is 27.8 Å². The van der Waals surface area contributed by atoms with Crippen molar-refractivity contribution < 1.29 is 12.8 Å². The van der Waals surface area contributed by atoms with Crippen molar-refractivity contribution >= 4 is 32.6 Å². The molecule has 9 heteroatoms. The molecule has 0 spiro atoms. The number of benzene rings is 2. The summed E-state index contributed by atoms with van der Waals surface area (Å²) in [5, 5.41) is 0. The van der Waals surface area contributed by atoms with Gasteiger partial charge in [-0.1, -0.05) is 18.6 Å². The van der Waals surface area contributed by atoms with Crippen LogP contribution in [-0.4, -0.2) is 62.0 Å². The van der Waals surface area contributed by atoms with Crippen molar-refractivity contribution in [1.29, 1.82) is 0 Å². The highest BCUT2D eigenvalue weighted by Crippen LogP contribution is 2.25. The van der Waals surface area contributed by atoms with Crippen LogP contribution in [0.5, 0.6) is 0 Å². The Morgan fingerprint density at radius 1 is 0.812 bits per heavy atom. The Morgan fingerprint density at radius 3 is 2.28 bits per heavy atom. The molecule has 1 aromatic heterocycles. The first-order valence-electron chi connectivity index (χ1n) is 11.0. The SMILES string of the molecule is O=S(=O)(c1ccc2nc(N3CCN(c4ccccc4F)CC3)cnc2c1)N1CCCCC1. The summed E-state index contributed by atoms with van der Waals surface area (Å²) >= 11 is 0. The first kappa shape index (κ1) is 21.1. The number of piperidine rings is 1. The number of para-hydroxylation sites is 1. The second-order valence-corrected chi connectivity index (χ2v) is 10.2. The molecule has 0 amide bonds. The van der Waals surface area contributed by atoms with Crippen molar-refractivity contribution in [3.63, 3.8) is 0 Å². The minimum atomic E-state index is -3.50. The average Bonchev–Trinajstić information content (AvgIpc) is 2.84. The van der Waals surface area contributed by atoms with Gasteiger partial charge < -0.3 is 9.80 Å². The fourth-order valence-corrected chi connectivity index (χ4v) is 5.97. The van der Waals surface area contributed by atoms with Gasteiger partial charge in [0.2, 0.25) is 10.0 Å². The van der Waals surface area contributed by atoms with Crippen LogP contribution in [0.3, 0.4) is 0 Å². The van der Waals surface area contributed by atoms with E-state index in [1.165, 1.54) is 6.07 Å². The van der Waals surface area contributed by atoms with Gasteiger partial charge in [-0.3, -0.25) is 4.98 Å². The third-order valence-corrected chi connectivity index (χ3v) is 8.15. The zero-order valence-corrected chi connectivity index (χ0v) is 18.6. The van der Waals surface area contributed by atoms with E-state index in [-0.39, 0.29) is 10.7 Å². The predicted octanol–water partition coefficient (Wildman–Crippen LogP) is 3.27. The van der Waals surface area contributed by atoms with Gasteiger partial charge >= 0.3 is 0 Å². The van der Waals surface area contributed by atoms with Crippen LogP contribution in [-0.2, 0) is 10.0 Å². The second kappa shape index (κ2) is 8.63. The number of rotatable bonds is 4. The molecule has 2 fully saturated rings. The highest BCUT2D eigenvalue weighted by molar-refractivity contribution is 7.89. The zero-order chi connectivity index (χ0) is 22.1. The number of sulfonamides is 1. The molecule has 3 heterocycles. The fraction of sp³-hybridized carbons (Fsp3) is 0.391. The van der Waals surface area contributed by atoms with Crippen molar-refractivity contribution in [3.05, 3.63) is 54.5 Å². The number of fused-ring (bicyclic) bond motifs is 1. The number of piperazine rings is 1. The Hall–Kier alpha value is -2.78. The molecule has 5 rings (SSSR count). The molecular formula is C23H26FN5O2S. The maximum atomic E-state index is 14.1. The van der Waals surface area contributed by atoms with Crippen LogP contribution < -0.4 is 9.80 Å². The molecule has 0 radical (unpaired) electrons. The number of nitrogens with zero attached hydrogens (tertiary/aromatic N) is 5. The minimum absolute atomic E-state index is 0.207. The molecule has 0 bridgehead atoms. The first-order valence-corrected chi connectivity index (χ1v) is 12.5. The molecule has 0 saturated carbocycles. The molecule has 0 unspecified atom stereocenters. The molecule has 7 nitrogen and oxygen atoms in total. The number of hydrogen-bond acceptors (Lipinski definition) is 6. The summed E-state index contributed by atoms with van der Waals surface area (Å²) in [6.07, 6.45) is 4.57. The summed E-state index contributed by atoms with van der Waals surface area (Å²) < 4.78 is 41.6. The summed E-state index contributed by atoms with van der Waals surface area (Å²) in [5.41, 5.74) is 1.85. The summed E-state index contributed by atoms with van der Waals surface area (Å²) in [5.74, 6) is 0.541. The molecular weight excluding hydrogens is 429 g/mol. The Bertz CT molecular complexity index is 1220. The van der Waals surface area contributed by atoms with Gasteiger partial charge in [-0.05, 0) is 43.2 Å². The highest BCUT2D eigenvalue weighted by atomic mass is 32.2. The fourth-order valence-electron chi connectivity index (χ4n) is 4.43. The molecule has 0 N–H and O–H groups in total. The molecule has 2 aliphatic heterocycles. The van der Waals surface area contributed by atoms with E-state index in [9.17, 15) is 12.8 Å². The number of aromatic nitrogens is 2. The van der Waals surface area contributed by atoms with Crippen LogP contribution in [0.4, 0.5) is 15.9 Å². The summed E-state index contributed by atoms with van der Waals surface area (Å²) in [6.45, 7) is 3.93. The lowest BCUT2D eigenvalue weighted by atomic mass is 10.2. The topological polar surface area (TPSA) is 69.6 Å². The average molecular weight is 456 g/mol. The molecule has 3 aromatic rings. The smallest absolute Gasteiger partial charge is 0.243 e. The normalized spacial score (nSPS) is 18.3. The van der Waals surface area contributed by atoms with Crippen molar-refractivity contribution in [1.82, 2.24) is 14.3 Å². The Morgan fingerprint density at radius 2 is 1.53 bits per heavy atom. The molecule has 0 atom stereocenters. The maximum Gasteiger partial charge on any atom is 0.243 e. The van der Waals surface area contributed by atoms with E-state index < -0.39 is 10.0 Å². The monoisotopic (exact) mass is 455 g/mol. The summed E-state index contributed by atoms with van der Waals surface area (Å²) in [7, 11) is -3.50. The predicted molar refractivity (Wildman–Crippen MR) is 123 cm³/mol. The minimum Gasteiger partial charge on any atom is -0.366 e. The van der Waals surface area contributed by atoms with E-state index in [1.54, 1.807) is 40.8 Å². The standard InChI is InChI=1S/C23H26FN5O2S/c24-19-6-2-3-7-22(19)27-12-14-28(15-13-27)23-17-25-21-16-18(8-9-20(21)26-23)32(30,31)29-10-4-1-5-11-29/h2-3,6-9,16-17H,1,4-5,10-15H2. The van der Waals surface area contributed by atoms with Crippen LogP contribution >= 0.6 is 0 Å². The third-order valence-electron chi connectivity index (χ3n) is 6.25. The van der Waals surface area contributed by atoms with Gasteiger partial charge in [0.15, 0.2) is 0 Å². The third kappa shape index (κ3) is 4.02. The number of halogens is 1. The Balaban J connectivity index is 1.32. The molecule has 32 heavy (non-hydrogen) atoms. The molecule has 168 valence electrons. The quantitative estimate of drug-likeness (QED) is 0.602. The van der Waals surface area contributed by atoms with Crippen molar-refractivity contribution in [2.75, 3.05) is 49.1 Å². The van der Waals surface area contributed by atoms with Crippen LogP contribution in [0.15, 0.2) is 53.6 Å². The second-order valence-electron chi connectivity index (χ2n) is 8.27. The van der Waals surface area contributed by atoms with E-state index in [0.29, 0.717) is 56.0 Å². The van der Waals surface area contributed by atoms with Gasteiger partial charge in [-0.25, -0.2) is 17.8 Å². The van der Waals surface area contributed by atoms with Gasteiger partial charge in [0, 0.05) is 39.3 Å². The summed E-state index contributed by atoms with van der Waals surface area (Å²) in [6, 6.07) is 11.8. The lowest BCUT2D eigenvalue weighted by Crippen LogP contribution is -2.47. The van der Waals surface area contributed by atoms with Crippen LogP contribution in [0.2, 0.25) is 0 Å². The molecule has 2 saturated heterocycles. The molecule has 0 aliphatic carbocycles. The molecule has 2 aliphatic rings. The number of hydrogen-bond donors (Lipinski definition) is 0. The Kier molecular flexibility index (Phi) is 5.69. The van der Waals surface area contributed by atoms with Gasteiger partial charge in [0.1, 0.15) is 11.6 Å². The summed E-state index contributed by atoms with van der Waals surface area (Å²) in [4.78, 5) is 13.7. The van der Waals surface area contributed by atoms with E-state index >= 15 is 0 Å². The van der Waals surface area contributed by atoms with Gasteiger partial charge in [-0.15, -0.1) is 0 Å². The van der Waals surface area contributed by atoms with Gasteiger partial charge in [0.25, 0.3) is 0 Å². The lowest BCUT2D eigenvalue weighted by Gasteiger charge is -2.36. The van der Waals surface area contributed by atoms with E-state index in [0.717, 1.165) is 25.1 Å². The largest absolute Gasteiger partial charge is 0.366 e. The van der Waals surface area contributed by atoms with Crippen LogP contribution in [0.1, 0.15) is 19.3 Å². The maximum absolute atomic E-state index is 14.1. The van der Waals surface area contributed by atoms with Gasteiger partial charge in [-0.2, -0.15) is 4.31 Å². The van der Waals surface area contributed by atoms with E-state index in [4.69, 9.17) is 4.98 Å². The van der Waals surface area contributed by atoms with Crippen molar-refractivity contribution in [2.24, 2.45) is 0 Å². The van der Waals surface area contributed by atoms with Crippen LogP contribution in [0, 0.1) is 5.82 Å². The lowest BCUT2D eigenvalue weighted by molar-refractivity contribution is 0.346. The zero-order valence-electron chi connectivity index (χ0n) is 17.8. The first-order chi connectivity index (χ1) is 15.5. The van der Waals surface area contributed by atoms with Crippen LogP contribution in [0.25, 0.3) is 11.0 Å².